The fourth-order valence-electron chi connectivity index (χ4n) is 6.46. The Morgan fingerprint density at radius 1 is 1.06 bits per heavy atom. The molecule has 4 N–H and O–H groups in total. The Hall–Kier alpha value is -4.56. The maximum atomic E-state index is 15.4. The van der Waals surface area contributed by atoms with Gasteiger partial charge in [-0.1, -0.05) is 27.7 Å². The maximum absolute atomic E-state index is 15.4. The molecule has 14 heteroatoms. The maximum Gasteiger partial charge on any atom is 0.247 e. The summed E-state index contributed by atoms with van der Waals surface area (Å²) in [7, 11) is 3.18. The Balaban J connectivity index is 1.36. The third-order valence-corrected chi connectivity index (χ3v) is 9.65. The number of anilines is 4. The quantitative estimate of drug-likeness (QED) is 0.235. The molecule has 3 heterocycles. The number of carbonyl (C=O) groups excluding carboxylic acids is 3. The number of fused-ring (bicyclic) bond motifs is 1. The molecule has 5 rings (SSSR count). The number of likely N-dealkylation sites (N-methyl/N-ethyl adjacent to an activating group) is 2. The van der Waals surface area contributed by atoms with E-state index in [-0.39, 0.29) is 23.5 Å². The van der Waals surface area contributed by atoms with E-state index in [2.05, 4.69) is 48.0 Å². The summed E-state index contributed by atoms with van der Waals surface area (Å²) in [6, 6.07) is 6.41. The van der Waals surface area contributed by atoms with Crippen LogP contribution in [-0.4, -0.2) is 109 Å². The number of carbonyl (C=O) groups is 3. The molecule has 2 fully saturated rings. The highest BCUT2D eigenvalue weighted by atomic mass is 19.1. The van der Waals surface area contributed by atoms with E-state index < -0.39 is 23.5 Å². The van der Waals surface area contributed by atoms with Crippen molar-refractivity contribution in [1.29, 1.82) is 0 Å². The average molecular weight is 692 g/mol. The predicted molar refractivity (Wildman–Crippen MR) is 193 cm³/mol. The highest BCUT2D eigenvalue weighted by Crippen LogP contribution is 2.35. The molecule has 0 bridgehead atoms. The molecule has 1 unspecified atom stereocenters. The Bertz CT molecular complexity index is 1710. The number of halogens is 1. The second kappa shape index (κ2) is 15.5. The summed E-state index contributed by atoms with van der Waals surface area (Å²) in [5.74, 6) is -0.496. The minimum atomic E-state index is -0.828. The summed E-state index contributed by atoms with van der Waals surface area (Å²) in [6.07, 6.45) is 2.52. The number of nitrogens with one attached hydrogen (secondary N) is 4. The first-order valence-electron chi connectivity index (χ1n) is 17.3. The standard InChI is InChI=1S/C36H50FN9O4/c1-8-44-14-16-45(17-15-44)28-12-11-23(18-25(28)37)41-32-24-19-27(30(50-7)20-26(24)39-21-40-32)42-34(48)29-10-9-13-46(29)35(49)31(36(3,4)5)43-33(47)22(2)38-6/h11-12,18-22,29,31,38H,8-10,13-17H2,1-7H3,(H,42,48)(H,43,47)(H,39,40,41)/t22-,29?,31+/m0/s1. The smallest absolute Gasteiger partial charge is 0.247 e. The monoisotopic (exact) mass is 691 g/mol. The van der Waals surface area contributed by atoms with E-state index in [0.29, 0.717) is 58.9 Å². The summed E-state index contributed by atoms with van der Waals surface area (Å²) in [6.45, 7) is 14.2. The summed E-state index contributed by atoms with van der Waals surface area (Å²) >= 11 is 0. The number of methoxy groups -OCH3 is 1. The van der Waals surface area contributed by atoms with Crippen LogP contribution in [0.1, 0.15) is 47.5 Å². The molecule has 3 amide bonds. The molecule has 3 atom stereocenters. The second-order valence-electron chi connectivity index (χ2n) is 14.0. The van der Waals surface area contributed by atoms with Gasteiger partial charge in [0.1, 0.15) is 35.8 Å². The number of aromatic nitrogens is 2. The number of ether oxygens (including phenoxy) is 1. The van der Waals surface area contributed by atoms with E-state index in [1.807, 2.05) is 26.8 Å². The van der Waals surface area contributed by atoms with Crippen LogP contribution >= 0.6 is 0 Å². The van der Waals surface area contributed by atoms with Crippen LogP contribution in [0.15, 0.2) is 36.7 Å². The molecule has 0 aliphatic carbocycles. The molecular weight excluding hydrogens is 641 g/mol. The zero-order valence-corrected chi connectivity index (χ0v) is 30.1. The van der Waals surface area contributed by atoms with Crippen molar-refractivity contribution in [3.63, 3.8) is 0 Å². The number of hydrogen-bond acceptors (Lipinski definition) is 10. The molecular formula is C36H50FN9O4. The zero-order valence-electron chi connectivity index (χ0n) is 30.1. The predicted octanol–water partition coefficient (Wildman–Crippen LogP) is 3.73. The molecule has 13 nitrogen and oxygen atoms in total. The van der Waals surface area contributed by atoms with Crippen LogP contribution in [0.4, 0.5) is 27.3 Å². The Kier molecular flexibility index (Phi) is 11.4. The van der Waals surface area contributed by atoms with Gasteiger partial charge < -0.3 is 40.7 Å². The van der Waals surface area contributed by atoms with Crippen LogP contribution in [0.5, 0.6) is 5.75 Å². The Morgan fingerprint density at radius 2 is 1.80 bits per heavy atom. The van der Waals surface area contributed by atoms with Gasteiger partial charge in [0.25, 0.3) is 0 Å². The van der Waals surface area contributed by atoms with Gasteiger partial charge in [0, 0.05) is 49.9 Å². The van der Waals surface area contributed by atoms with Crippen molar-refractivity contribution in [1.82, 2.24) is 30.4 Å². The molecule has 1 aromatic heterocycles. The van der Waals surface area contributed by atoms with Gasteiger partial charge in [0.2, 0.25) is 17.7 Å². The van der Waals surface area contributed by atoms with E-state index in [1.54, 1.807) is 37.1 Å². The van der Waals surface area contributed by atoms with Gasteiger partial charge in [0.15, 0.2) is 0 Å². The number of amides is 3. The van der Waals surface area contributed by atoms with Crippen LogP contribution < -0.4 is 30.9 Å². The van der Waals surface area contributed by atoms with Crippen LogP contribution in [0.3, 0.4) is 0 Å². The minimum Gasteiger partial charge on any atom is -0.494 e. The molecule has 2 saturated heterocycles. The minimum absolute atomic E-state index is 0.294. The molecule has 2 aliphatic rings. The first kappa shape index (κ1) is 36.7. The Labute approximate surface area is 293 Å². The van der Waals surface area contributed by atoms with Crippen molar-refractivity contribution in [2.24, 2.45) is 5.41 Å². The largest absolute Gasteiger partial charge is 0.494 e. The van der Waals surface area contributed by atoms with Gasteiger partial charge >= 0.3 is 0 Å². The van der Waals surface area contributed by atoms with Gasteiger partial charge in [-0.25, -0.2) is 14.4 Å². The fraction of sp³-hybridized carbons (Fsp3) is 0.528. The number of rotatable bonds is 11. The lowest BCUT2D eigenvalue weighted by Crippen LogP contribution is -2.59. The molecule has 2 aromatic carbocycles. The summed E-state index contributed by atoms with van der Waals surface area (Å²) in [5, 5.41) is 12.6. The summed E-state index contributed by atoms with van der Waals surface area (Å²) in [5.41, 5.74) is 1.42. The molecule has 2 aliphatic heterocycles. The van der Waals surface area contributed by atoms with E-state index in [4.69, 9.17) is 4.74 Å². The molecule has 0 saturated carbocycles. The van der Waals surface area contributed by atoms with Crippen molar-refractivity contribution in [2.45, 2.75) is 65.6 Å². The molecule has 0 spiro atoms. The van der Waals surface area contributed by atoms with Crippen molar-refractivity contribution in [2.75, 3.05) is 69.0 Å². The van der Waals surface area contributed by atoms with Gasteiger partial charge in [-0.2, -0.15) is 0 Å². The highest BCUT2D eigenvalue weighted by molar-refractivity contribution is 6.03. The SMILES string of the molecule is CCN1CCN(c2ccc(Nc3ncnc4cc(OC)c(NC(=O)C5CCCN5C(=O)[C@@H](NC(=O)[C@H](C)NC)C(C)(C)C)cc34)cc2F)CC1. The van der Waals surface area contributed by atoms with E-state index >= 15 is 4.39 Å². The van der Waals surface area contributed by atoms with E-state index in [9.17, 15) is 14.4 Å². The third kappa shape index (κ3) is 8.07. The van der Waals surface area contributed by atoms with Crippen LogP contribution in [0, 0.1) is 11.2 Å². The van der Waals surface area contributed by atoms with Gasteiger partial charge in [0.05, 0.1) is 30.0 Å². The number of likely N-dealkylation sites (tertiary alicyclic amines) is 1. The normalized spacial score (nSPS) is 18.1. The third-order valence-electron chi connectivity index (χ3n) is 9.65. The highest BCUT2D eigenvalue weighted by Gasteiger charge is 2.42. The number of hydrogen-bond donors (Lipinski definition) is 4. The lowest BCUT2D eigenvalue weighted by atomic mass is 9.85. The molecule has 3 aromatic rings. The van der Waals surface area contributed by atoms with Crippen LogP contribution in [0.25, 0.3) is 10.9 Å². The van der Waals surface area contributed by atoms with Crippen molar-refractivity contribution in [3.05, 3.63) is 42.5 Å². The van der Waals surface area contributed by atoms with Gasteiger partial charge in [-0.15, -0.1) is 0 Å². The van der Waals surface area contributed by atoms with Gasteiger partial charge in [-0.3, -0.25) is 14.4 Å². The van der Waals surface area contributed by atoms with Crippen molar-refractivity contribution in [3.8, 4) is 5.75 Å². The van der Waals surface area contributed by atoms with Gasteiger partial charge in [-0.05, 0) is 63.0 Å². The lowest BCUT2D eigenvalue weighted by Gasteiger charge is -2.36. The molecule has 50 heavy (non-hydrogen) atoms. The number of piperazine rings is 1. The average Bonchev–Trinajstić information content (AvgIpc) is 3.60. The number of benzene rings is 2. The lowest BCUT2D eigenvalue weighted by molar-refractivity contribution is -0.143. The fourth-order valence-corrected chi connectivity index (χ4v) is 6.46. The number of nitrogens with zero attached hydrogens (tertiary/aromatic N) is 5. The summed E-state index contributed by atoms with van der Waals surface area (Å²) in [4.78, 5) is 55.3. The molecule has 0 radical (unpaired) electrons. The zero-order chi connectivity index (χ0) is 36.2. The topological polar surface area (TPSA) is 144 Å². The first-order chi connectivity index (χ1) is 23.8. The summed E-state index contributed by atoms with van der Waals surface area (Å²) < 4.78 is 21.0. The molecule has 270 valence electrons. The Morgan fingerprint density at radius 3 is 2.44 bits per heavy atom. The van der Waals surface area contributed by atoms with Crippen LogP contribution in [0.2, 0.25) is 0 Å². The first-order valence-corrected chi connectivity index (χ1v) is 17.3. The van der Waals surface area contributed by atoms with E-state index in [0.717, 1.165) is 32.7 Å². The van der Waals surface area contributed by atoms with Crippen molar-refractivity contribution < 1.29 is 23.5 Å². The second-order valence-corrected chi connectivity index (χ2v) is 14.0. The van der Waals surface area contributed by atoms with Crippen LogP contribution in [-0.2, 0) is 14.4 Å². The van der Waals surface area contributed by atoms with Crippen molar-refractivity contribution >= 4 is 51.5 Å². The van der Waals surface area contributed by atoms with E-state index in [1.165, 1.54) is 19.5 Å².